The molecule has 0 aliphatic rings. The van der Waals surface area contributed by atoms with E-state index in [0.29, 0.717) is 0 Å². The van der Waals surface area contributed by atoms with Gasteiger partial charge in [0.15, 0.2) is 5.78 Å². The first-order valence-corrected chi connectivity index (χ1v) is 4.75. The lowest BCUT2D eigenvalue weighted by molar-refractivity contribution is -0.384. The molecule has 6 nitrogen and oxygen atoms in total. The van der Waals surface area contributed by atoms with Crippen LogP contribution >= 0.6 is 11.6 Å². The van der Waals surface area contributed by atoms with Gasteiger partial charge in [-0.1, -0.05) is 0 Å². The predicted molar refractivity (Wildman–Crippen MR) is 59.1 cm³/mol. The Bertz CT molecular complexity index is 447. The Hall–Kier alpha value is -1.82. The van der Waals surface area contributed by atoms with Gasteiger partial charge >= 0.3 is 0 Å². The summed E-state index contributed by atoms with van der Waals surface area (Å²) in [5.74, 6) is -0.696. The molecule has 0 unspecified atom stereocenters. The summed E-state index contributed by atoms with van der Waals surface area (Å²) in [5, 5.41) is 10.6. The van der Waals surface area contributed by atoms with Crippen molar-refractivity contribution in [2.45, 2.75) is 0 Å². The second kappa shape index (κ2) is 4.80. The lowest BCUT2D eigenvalue weighted by Gasteiger charge is -2.08. The highest BCUT2D eigenvalue weighted by Crippen LogP contribution is 2.31. The van der Waals surface area contributed by atoms with E-state index in [1.165, 1.54) is 7.11 Å². The number of nitrogen functional groups attached to an aromatic ring is 1. The van der Waals surface area contributed by atoms with Crippen molar-refractivity contribution in [2.24, 2.45) is 0 Å². The minimum atomic E-state index is -0.632. The van der Waals surface area contributed by atoms with Gasteiger partial charge in [-0.15, -0.1) is 11.6 Å². The maximum Gasteiger partial charge on any atom is 0.274 e. The molecule has 0 saturated heterocycles. The molecule has 0 saturated carbocycles. The second-order valence-corrected chi connectivity index (χ2v) is 3.19. The van der Waals surface area contributed by atoms with Crippen LogP contribution in [0.1, 0.15) is 10.4 Å². The smallest absolute Gasteiger partial charge is 0.274 e. The molecule has 1 aromatic rings. The van der Waals surface area contributed by atoms with Gasteiger partial charge in [0.1, 0.15) is 5.75 Å². The van der Waals surface area contributed by atoms with Gasteiger partial charge in [0, 0.05) is 6.07 Å². The number of non-ortho nitro benzene ring substituents is 1. The van der Waals surface area contributed by atoms with Crippen LogP contribution in [0.4, 0.5) is 11.4 Å². The van der Waals surface area contributed by atoms with Gasteiger partial charge < -0.3 is 10.5 Å². The monoisotopic (exact) mass is 244 g/mol. The first-order valence-electron chi connectivity index (χ1n) is 4.22. The topological polar surface area (TPSA) is 95.5 Å². The number of halogens is 1. The van der Waals surface area contributed by atoms with E-state index < -0.39 is 10.7 Å². The Morgan fingerprint density at radius 3 is 2.69 bits per heavy atom. The molecule has 0 bridgehead atoms. The molecule has 0 atom stereocenters. The molecule has 0 fully saturated rings. The highest BCUT2D eigenvalue weighted by atomic mass is 35.5. The van der Waals surface area contributed by atoms with Crippen LogP contribution in [0.15, 0.2) is 12.1 Å². The number of anilines is 1. The number of nitro benzene ring substituents is 1. The third-order valence-corrected chi connectivity index (χ3v) is 2.22. The average Bonchev–Trinajstić information content (AvgIpc) is 2.28. The van der Waals surface area contributed by atoms with Crippen LogP contribution in [-0.2, 0) is 0 Å². The fourth-order valence-electron chi connectivity index (χ4n) is 1.19. The molecular weight excluding hydrogens is 236 g/mol. The molecule has 1 aromatic carbocycles. The number of nitrogens with two attached hydrogens (primary N) is 1. The number of Topliss-reactive ketones (excluding diaryl/α,β-unsaturated/α-hetero) is 1. The molecule has 0 spiro atoms. The van der Waals surface area contributed by atoms with Crippen molar-refractivity contribution in [3.63, 3.8) is 0 Å². The molecule has 0 aliphatic heterocycles. The Kier molecular flexibility index (Phi) is 3.68. The van der Waals surface area contributed by atoms with E-state index >= 15 is 0 Å². The van der Waals surface area contributed by atoms with Crippen LogP contribution in [0.2, 0.25) is 0 Å². The number of hydrogen-bond donors (Lipinski definition) is 1. The molecule has 0 radical (unpaired) electrons. The minimum Gasteiger partial charge on any atom is -0.494 e. The Balaban J connectivity index is 3.41. The average molecular weight is 245 g/mol. The Morgan fingerprint density at radius 1 is 1.62 bits per heavy atom. The standard InChI is InChI=1S/C9H9ClN2O4/c1-16-8-3-5(12(14)15)2-6(9(8)11)7(13)4-10/h2-3H,4,11H2,1H3. The molecule has 2 N–H and O–H groups in total. The van der Waals surface area contributed by atoms with Crippen molar-refractivity contribution in [1.82, 2.24) is 0 Å². The van der Waals surface area contributed by atoms with Gasteiger partial charge in [-0.2, -0.15) is 0 Å². The number of carbonyl (C=O) groups excluding carboxylic acids is 1. The van der Waals surface area contributed by atoms with E-state index in [2.05, 4.69) is 0 Å². The van der Waals surface area contributed by atoms with E-state index in [0.717, 1.165) is 12.1 Å². The maximum atomic E-state index is 11.4. The van der Waals surface area contributed by atoms with Crippen molar-refractivity contribution in [3.8, 4) is 5.75 Å². The van der Waals surface area contributed by atoms with Crippen molar-refractivity contribution >= 4 is 28.8 Å². The van der Waals surface area contributed by atoms with Gasteiger partial charge in [0.25, 0.3) is 5.69 Å². The predicted octanol–water partition coefficient (Wildman–Crippen LogP) is 1.61. The summed E-state index contributed by atoms with van der Waals surface area (Å²) in [6.07, 6.45) is 0. The second-order valence-electron chi connectivity index (χ2n) is 2.92. The van der Waals surface area contributed by atoms with E-state index in [1.807, 2.05) is 0 Å². The SMILES string of the molecule is COc1cc([N+](=O)[O-])cc(C(=O)CCl)c1N. The van der Waals surface area contributed by atoms with Crippen molar-refractivity contribution in [1.29, 1.82) is 0 Å². The minimum absolute atomic E-state index is 0.000972. The summed E-state index contributed by atoms with van der Waals surface area (Å²) in [5.41, 5.74) is 5.40. The summed E-state index contributed by atoms with van der Waals surface area (Å²) in [6.45, 7) is 0. The number of ether oxygens (including phenoxy) is 1. The first kappa shape index (κ1) is 12.3. The number of benzene rings is 1. The van der Waals surface area contributed by atoms with Gasteiger partial charge in [-0.3, -0.25) is 14.9 Å². The summed E-state index contributed by atoms with van der Waals surface area (Å²) in [7, 11) is 1.31. The summed E-state index contributed by atoms with van der Waals surface area (Å²) in [6, 6.07) is 2.24. The number of nitro groups is 1. The molecule has 0 amide bonds. The zero-order valence-corrected chi connectivity index (χ0v) is 9.15. The maximum absolute atomic E-state index is 11.4. The first-order chi connectivity index (χ1) is 7.51. The molecule has 0 aliphatic carbocycles. The molecule has 86 valence electrons. The number of methoxy groups -OCH3 is 1. The Labute approximate surface area is 96.1 Å². The normalized spacial score (nSPS) is 9.88. The van der Waals surface area contributed by atoms with Gasteiger partial charge in [-0.25, -0.2) is 0 Å². The van der Waals surface area contributed by atoms with Crippen LogP contribution < -0.4 is 10.5 Å². The molecule has 16 heavy (non-hydrogen) atoms. The number of rotatable bonds is 4. The lowest BCUT2D eigenvalue weighted by atomic mass is 10.1. The molecule has 0 aromatic heterocycles. The Morgan fingerprint density at radius 2 is 2.25 bits per heavy atom. The molecular formula is C9H9ClN2O4. The third-order valence-electron chi connectivity index (χ3n) is 1.98. The quantitative estimate of drug-likeness (QED) is 0.285. The van der Waals surface area contributed by atoms with Crippen molar-refractivity contribution < 1.29 is 14.5 Å². The van der Waals surface area contributed by atoms with Crippen molar-refractivity contribution in [3.05, 3.63) is 27.8 Å². The molecule has 7 heteroatoms. The summed E-state index contributed by atoms with van der Waals surface area (Å²) < 4.78 is 4.85. The van der Waals surface area contributed by atoms with E-state index in [1.54, 1.807) is 0 Å². The molecule has 0 heterocycles. The highest BCUT2D eigenvalue weighted by molar-refractivity contribution is 6.31. The summed E-state index contributed by atoms with van der Waals surface area (Å²) in [4.78, 5) is 21.4. The highest BCUT2D eigenvalue weighted by Gasteiger charge is 2.19. The fraction of sp³-hybridized carbons (Fsp3) is 0.222. The van der Waals surface area contributed by atoms with Gasteiger partial charge in [0.2, 0.25) is 0 Å². The van der Waals surface area contributed by atoms with Crippen LogP contribution in [0, 0.1) is 10.1 Å². The number of alkyl halides is 1. The van der Waals surface area contributed by atoms with E-state index in [9.17, 15) is 14.9 Å². The summed E-state index contributed by atoms with van der Waals surface area (Å²) >= 11 is 5.37. The van der Waals surface area contributed by atoms with E-state index in [4.69, 9.17) is 22.1 Å². The van der Waals surface area contributed by atoms with Gasteiger partial charge in [0.05, 0.1) is 35.2 Å². The lowest BCUT2D eigenvalue weighted by Crippen LogP contribution is -2.07. The number of carbonyl (C=O) groups is 1. The van der Waals surface area contributed by atoms with Gasteiger partial charge in [-0.05, 0) is 0 Å². The number of nitrogens with zero attached hydrogens (tertiary/aromatic N) is 1. The number of ketones is 1. The largest absolute Gasteiger partial charge is 0.494 e. The van der Waals surface area contributed by atoms with Crippen LogP contribution in [0.5, 0.6) is 5.75 Å². The van der Waals surface area contributed by atoms with E-state index in [-0.39, 0.29) is 28.6 Å². The molecule has 1 rings (SSSR count). The van der Waals surface area contributed by atoms with Crippen LogP contribution in [-0.4, -0.2) is 23.7 Å². The third kappa shape index (κ3) is 2.22. The zero-order chi connectivity index (χ0) is 12.3. The fourth-order valence-corrected chi connectivity index (χ4v) is 1.33. The van der Waals surface area contributed by atoms with Crippen molar-refractivity contribution in [2.75, 3.05) is 18.7 Å². The zero-order valence-electron chi connectivity index (χ0n) is 8.40. The number of hydrogen-bond acceptors (Lipinski definition) is 5. The van der Waals surface area contributed by atoms with Crippen LogP contribution in [0.3, 0.4) is 0 Å². The van der Waals surface area contributed by atoms with Crippen LogP contribution in [0.25, 0.3) is 0 Å².